The summed E-state index contributed by atoms with van der Waals surface area (Å²) in [4.78, 5) is 0. The number of rotatable bonds is 7. The van der Waals surface area contributed by atoms with E-state index in [1.54, 1.807) is 11.3 Å². The molecular formula is C12H23N3S. The lowest BCUT2D eigenvalue weighted by molar-refractivity contribution is 0.553. The van der Waals surface area contributed by atoms with Crippen LogP contribution in [0.15, 0.2) is 0 Å². The summed E-state index contributed by atoms with van der Waals surface area (Å²) in [6, 6.07) is 0. The summed E-state index contributed by atoms with van der Waals surface area (Å²) >= 11 is 1.76. The van der Waals surface area contributed by atoms with Gasteiger partial charge < -0.3 is 5.32 Å². The molecule has 0 spiro atoms. The highest BCUT2D eigenvalue weighted by Crippen LogP contribution is 2.14. The van der Waals surface area contributed by atoms with Gasteiger partial charge >= 0.3 is 0 Å². The summed E-state index contributed by atoms with van der Waals surface area (Å²) in [5, 5.41) is 14.2. The van der Waals surface area contributed by atoms with Crippen molar-refractivity contribution in [2.75, 3.05) is 13.1 Å². The van der Waals surface area contributed by atoms with Gasteiger partial charge in [0.15, 0.2) is 0 Å². The van der Waals surface area contributed by atoms with Gasteiger partial charge in [0.1, 0.15) is 10.0 Å². The van der Waals surface area contributed by atoms with Crippen molar-refractivity contribution in [1.82, 2.24) is 15.5 Å². The molecule has 0 aromatic carbocycles. The van der Waals surface area contributed by atoms with Crippen LogP contribution in [-0.4, -0.2) is 23.3 Å². The van der Waals surface area contributed by atoms with Crippen molar-refractivity contribution in [1.29, 1.82) is 0 Å². The van der Waals surface area contributed by atoms with Crippen LogP contribution in [0.1, 0.15) is 37.7 Å². The van der Waals surface area contributed by atoms with Gasteiger partial charge in [-0.15, -0.1) is 21.5 Å². The highest BCUT2D eigenvalue weighted by molar-refractivity contribution is 7.11. The Labute approximate surface area is 103 Å². The van der Waals surface area contributed by atoms with Crippen molar-refractivity contribution >= 4 is 11.3 Å². The Kier molecular flexibility index (Phi) is 5.91. The molecule has 0 saturated carbocycles. The van der Waals surface area contributed by atoms with Crippen LogP contribution in [0.3, 0.4) is 0 Å². The van der Waals surface area contributed by atoms with Gasteiger partial charge in [0.25, 0.3) is 0 Å². The van der Waals surface area contributed by atoms with Crippen molar-refractivity contribution in [3.63, 3.8) is 0 Å². The van der Waals surface area contributed by atoms with Crippen LogP contribution in [0.4, 0.5) is 0 Å². The van der Waals surface area contributed by atoms with Crippen molar-refractivity contribution in [2.45, 2.75) is 40.5 Å². The molecule has 16 heavy (non-hydrogen) atoms. The largest absolute Gasteiger partial charge is 0.316 e. The molecular weight excluding hydrogens is 218 g/mol. The third-order valence-corrected chi connectivity index (χ3v) is 3.17. The molecule has 4 heteroatoms. The topological polar surface area (TPSA) is 37.8 Å². The minimum Gasteiger partial charge on any atom is -0.316 e. The first-order chi connectivity index (χ1) is 7.58. The van der Waals surface area contributed by atoms with Crippen LogP contribution < -0.4 is 5.32 Å². The average molecular weight is 241 g/mol. The van der Waals surface area contributed by atoms with E-state index in [4.69, 9.17) is 0 Å². The lowest BCUT2D eigenvalue weighted by Crippen LogP contribution is -2.22. The first-order valence-electron chi connectivity index (χ1n) is 6.10. The van der Waals surface area contributed by atoms with Gasteiger partial charge in [-0.25, -0.2) is 0 Å². The molecule has 0 aliphatic heterocycles. The van der Waals surface area contributed by atoms with E-state index >= 15 is 0 Å². The quantitative estimate of drug-likeness (QED) is 0.745. The van der Waals surface area contributed by atoms with Gasteiger partial charge in [0.2, 0.25) is 0 Å². The second-order valence-electron chi connectivity index (χ2n) is 5.04. The van der Waals surface area contributed by atoms with E-state index in [2.05, 4.69) is 43.2 Å². The smallest absolute Gasteiger partial charge is 0.118 e. The predicted molar refractivity (Wildman–Crippen MR) is 69.9 cm³/mol. The normalized spacial score (nSPS) is 11.6. The van der Waals surface area contributed by atoms with Crippen LogP contribution >= 0.6 is 11.3 Å². The first-order valence-corrected chi connectivity index (χ1v) is 6.91. The molecule has 0 fully saturated rings. The standard InChI is InChI=1S/C12H23N3S/c1-9(2)7-12-15-14-11(16-12)5-6-13-8-10(3)4/h9-10,13H,5-8H2,1-4H3. The average Bonchev–Trinajstić information content (AvgIpc) is 2.59. The summed E-state index contributed by atoms with van der Waals surface area (Å²) < 4.78 is 0. The second-order valence-corrected chi connectivity index (χ2v) is 6.18. The van der Waals surface area contributed by atoms with E-state index in [1.165, 1.54) is 5.01 Å². The fraction of sp³-hybridized carbons (Fsp3) is 0.833. The highest BCUT2D eigenvalue weighted by Gasteiger charge is 2.05. The molecule has 0 amide bonds. The predicted octanol–water partition coefficient (Wildman–Crippen LogP) is 2.52. The Hall–Kier alpha value is -0.480. The van der Waals surface area contributed by atoms with E-state index in [-0.39, 0.29) is 0 Å². The molecule has 1 aromatic heterocycles. The molecule has 0 aliphatic carbocycles. The fourth-order valence-corrected chi connectivity index (χ4v) is 2.46. The molecule has 0 aliphatic rings. The van der Waals surface area contributed by atoms with Crippen molar-refractivity contribution in [2.24, 2.45) is 11.8 Å². The minimum absolute atomic E-state index is 0.667. The van der Waals surface area contributed by atoms with Crippen LogP contribution in [0.5, 0.6) is 0 Å². The number of aromatic nitrogens is 2. The van der Waals surface area contributed by atoms with Crippen molar-refractivity contribution in [3.8, 4) is 0 Å². The number of hydrogen-bond acceptors (Lipinski definition) is 4. The SMILES string of the molecule is CC(C)CNCCc1nnc(CC(C)C)s1. The van der Waals surface area contributed by atoms with Gasteiger partial charge in [0.05, 0.1) is 0 Å². The van der Waals surface area contributed by atoms with E-state index in [9.17, 15) is 0 Å². The van der Waals surface area contributed by atoms with E-state index in [0.29, 0.717) is 11.8 Å². The Morgan fingerprint density at radius 2 is 1.75 bits per heavy atom. The summed E-state index contributed by atoms with van der Waals surface area (Å²) in [7, 11) is 0. The maximum Gasteiger partial charge on any atom is 0.118 e. The third kappa shape index (κ3) is 5.56. The third-order valence-electron chi connectivity index (χ3n) is 2.16. The molecule has 0 unspecified atom stereocenters. The van der Waals surface area contributed by atoms with E-state index in [0.717, 1.165) is 30.9 Å². The maximum absolute atomic E-state index is 4.21. The number of nitrogens with one attached hydrogen (secondary N) is 1. The van der Waals surface area contributed by atoms with Crippen LogP contribution in [0, 0.1) is 11.8 Å². The van der Waals surface area contributed by atoms with Gasteiger partial charge in [-0.05, 0) is 18.4 Å². The van der Waals surface area contributed by atoms with Gasteiger partial charge in [0, 0.05) is 19.4 Å². The fourth-order valence-electron chi connectivity index (χ4n) is 1.41. The maximum atomic E-state index is 4.21. The molecule has 0 radical (unpaired) electrons. The van der Waals surface area contributed by atoms with Gasteiger partial charge in [-0.1, -0.05) is 27.7 Å². The molecule has 1 rings (SSSR count). The summed E-state index contributed by atoms with van der Waals surface area (Å²) in [6.07, 6.45) is 2.06. The summed E-state index contributed by atoms with van der Waals surface area (Å²) in [6.45, 7) is 11.0. The van der Waals surface area contributed by atoms with E-state index in [1.807, 2.05) is 0 Å². The Bertz CT molecular complexity index is 294. The Balaban J connectivity index is 2.24. The Morgan fingerprint density at radius 1 is 1.06 bits per heavy atom. The monoisotopic (exact) mass is 241 g/mol. The Morgan fingerprint density at radius 3 is 2.38 bits per heavy atom. The van der Waals surface area contributed by atoms with Gasteiger partial charge in [-0.2, -0.15) is 0 Å². The molecule has 0 saturated heterocycles. The molecule has 0 atom stereocenters. The van der Waals surface area contributed by atoms with E-state index < -0.39 is 0 Å². The summed E-state index contributed by atoms with van der Waals surface area (Å²) in [5.41, 5.74) is 0. The van der Waals surface area contributed by atoms with Gasteiger partial charge in [-0.3, -0.25) is 0 Å². The molecule has 0 bridgehead atoms. The number of hydrogen-bond donors (Lipinski definition) is 1. The van der Waals surface area contributed by atoms with Crippen LogP contribution in [0.2, 0.25) is 0 Å². The first kappa shape index (κ1) is 13.6. The van der Waals surface area contributed by atoms with Crippen molar-refractivity contribution < 1.29 is 0 Å². The molecule has 3 nitrogen and oxygen atoms in total. The zero-order chi connectivity index (χ0) is 12.0. The lowest BCUT2D eigenvalue weighted by Gasteiger charge is -2.05. The zero-order valence-corrected chi connectivity index (χ0v) is 11.6. The molecule has 1 heterocycles. The number of nitrogens with zero attached hydrogens (tertiary/aromatic N) is 2. The lowest BCUT2D eigenvalue weighted by atomic mass is 10.1. The van der Waals surface area contributed by atoms with Crippen LogP contribution in [0.25, 0.3) is 0 Å². The van der Waals surface area contributed by atoms with Crippen LogP contribution in [-0.2, 0) is 12.8 Å². The summed E-state index contributed by atoms with van der Waals surface area (Å²) in [5.74, 6) is 1.38. The van der Waals surface area contributed by atoms with Crippen molar-refractivity contribution in [3.05, 3.63) is 10.0 Å². The molecule has 92 valence electrons. The molecule has 1 aromatic rings. The molecule has 1 N–H and O–H groups in total. The second kappa shape index (κ2) is 6.97. The minimum atomic E-state index is 0.667. The highest BCUT2D eigenvalue weighted by atomic mass is 32.1. The zero-order valence-electron chi connectivity index (χ0n) is 10.8.